The van der Waals surface area contributed by atoms with E-state index in [1.807, 2.05) is 7.05 Å². The average Bonchev–Trinajstić information content (AvgIpc) is 2.18. The first kappa shape index (κ1) is 14.3. The van der Waals surface area contributed by atoms with E-state index in [1.54, 1.807) is 0 Å². The van der Waals surface area contributed by atoms with Crippen LogP contribution in [0.25, 0.3) is 0 Å². The summed E-state index contributed by atoms with van der Waals surface area (Å²) < 4.78 is 24.1. The summed E-state index contributed by atoms with van der Waals surface area (Å²) in [6.07, 6.45) is 1.17. The van der Waals surface area contributed by atoms with E-state index in [9.17, 15) is 13.2 Å². The lowest BCUT2D eigenvalue weighted by molar-refractivity contribution is -0.121. The topological polar surface area (TPSA) is 87.3 Å². The molecule has 1 amide bonds. The molecule has 0 saturated carbocycles. The number of carbonyl (C=O) groups excluding carboxylic acids is 1. The fourth-order valence-electron chi connectivity index (χ4n) is 0.941. The molecule has 0 bridgehead atoms. The quantitative estimate of drug-likeness (QED) is 0.456. The molecule has 7 heteroatoms. The molecule has 0 unspecified atom stereocenters. The van der Waals surface area contributed by atoms with Crippen LogP contribution < -0.4 is 15.4 Å². The van der Waals surface area contributed by atoms with Gasteiger partial charge in [0.2, 0.25) is 15.9 Å². The lowest BCUT2D eigenvalue weighted by Gasteiger charge is -2.05. The van der Waals surface area contributed by atoms with E-state index in [-0.39, 0.29) is 18.2 Å². The van der Waals surface area contributed by atoms with Crippen LogP contribution in [0.15, 0.2) is 0 Å². The van der Waals surface area contributed by atoms with Crippen LogP contribution in [0.2, 0.25) is 0 Å². The molecule has 0 aromatic heterocycles. The highest BCUT2D eigenvalue weighted by Crippen LogP contribution is 1.87. The summed E-state index contributed by atoms with van der Waals surface area (Å²) in [6, 6.07) is 0. The number of nitrogens with one attached hydrogen (secondary N) is 3. The van der Waals surface area contributed by atoms with Gasteiger partial charge in [0.25, 0.3) is 0 Å². The van der Waals surface area contributed by atoms with Crippen molar-refractivity contribution in [2.75, 3.05) is 32.9 Å². The number of hydrogen-bond acceptors (Lipinski definition) is 4. The summed E-state index contributed by atoms with van der Waals surface area (Å²) in [5.41, 5.74) is 0. The minimum atomic E-state index is -3.22. The van der Waals surface area contributed by atoms with Gasteiger partial charge in [-0.1, -0.05) is 0 Å². The van der Waals surface area contributed by atoms with Crippen molar-refractivity contribution in [3.8, 4) is 0 Å². The summed E-state index contributed by atoms with van der Waals surface area (Å²) in [5, 5.41) is 5.47. The highest BCUT2D eigenvalue weighted by atomic mass is 32.2. The highest BCUT2D eigenvalue weighted by Gasteiger charge is 2.07. The second-order valence-electron chi connectivity index (χ2n) is 3.08. The Labute approximate surface area is 90.9 Å². The third-order valence-corrected chi connectivity index (χ3v) is 3.20. The van der Waals surface area contributed by atoms with Crippen LogP contribution in [0.4, 0.5) is 0 Å². The Kier molecular flexibility index (Phi) is 7.27. The van der Waals surface area contributed by atoms with Crippen molar-refractivity contribution >= 4 is 15.9 Å². The standard InChI is InChI=1S/C8H19N3O3S/c1-9-5-3-4-8(12)11-6-7-15(13,14)10-2/h9-10H,3-7H2,1-2H3,(H,11,12). The van der Waals surface area contributed by atoms with E-state index in [4.69, 9.17) is 0 Å². The average molecular weight is 237 g/mol. The van der Waals surface area contributed by atoms with E-state index >= 15 is 0 Å². The van der Waals surface area contributed by atoms with E-state index in [1.165, 1.54) is 7.05 Å². The molecule has 0 heterocycles. The summed E-state index contributed by atoms with van der Waals surface area (Å²) in [4.78, 5) is 11.1. The second kappa shape index (κ2) is 7.61. The monoisotopic (exact) mass is 237 g/mol. The van der Waals surface area contributed by atoms with Crippen LogP contribution in [0.1, 0.15) is 12.8 Å². The maximum absolute atomic E-state index is 11.1. The van der Waals surface area contributed by atoms with Gasteiger partial charge in [-0.2, -0.15) is 0 Å². The molecule has 6 nitrogen and oxygen atoms in total. The molecule has 0 spiro atoms. The van der Waals surface area contributed by atoms with Gasteiger partial charge in [-0.3, -0.25) is 4.79 Å². The van der Waals surface area contributed by atoms with E-state index in [2.05, 4.69) is 15.4 Å². The Balaban J connectivity index is 3.55. The Morgan fingerprint density at radius 3 is 2.40 bits per heavy atom. The van der Waals surface area contributed by atoms with Gasteiger partial charge in [0.05, 0.1) is 5.75 Å². The number of amides is 1. The van der Waals surface area contributed by atoms with Crippen LogP contribution in [0.5, 0.6) is 0 Å². The summed E-state index contributed by atoms with van der Waals surface area (Å²) in [5.74, 6) is -0.196. The first-order chi connectivity index (χ1) is 7.02. The van der Waals surface area contributed by atoms with Crippen molar-refractivity contribution in [3.05, 3.63) is 0 Å². The lowest BCUT2D eigenvalue weighted by atomic mass is 10.3. The SMILES string of the molecule is CNCCCC(=O)NCCS(=O)(=O)NC. The molecule has 90 valence electrons. The minimum Gasteiger partial charge on any atom is -0.355 e. The molecule has 0 rings (SSSR count). The van der Waals surface area contributed by atoms with Crippen molar-refractivity contribution < 1.29 is 13.2 Å². The number of sulfonamides is 1. The smallest absolute Gasteiger partial charge is 0.220 e. The van der Waals surface area contributed by atoms with Crippen molar-refractivity contribution in [3.63, 3.8) is 0 Å². The molecule has 0 fully saturated rings. The molecule has 0 aliphatic heterocycles. The number of hydrogen-bond donors (Lipinski definition) is 3. The largest absolute Gasteiger partial charge is 0.355 e. The predicted molar refractivity (Wildman–Crippen MR) is 59.0 cm³/mol. The van der Waals surface area contributed by atoms with Crippen LogP contribution in [-0.4, -0.2) is 47.3 Å². The number of rotatable bonds is 8. The second-order valence-corrected chi connectivity index (χ2v) is 5.13. The van der Waals surface area contributed by atoms with Crippen LogP contribution in [0, 0.1) is 0 Å². The zero-order chi connectivity index (χ0) is 11.7. The molecule has 0 atom stereocenters. The molecule has 15 heavy (non-hydrogen) atoms. The van der Waals surface area contributed by atoms with Gasteiger partial charge in [-0.15, -0.1) is 0 Å². The molecular weight excluding hydrogens is 218 g/mol. The van der Waals surface area contributed by atoms with Crippen molar-refractivity contribution in [2.24, 2.45) is 0 Å². The van der Waals surface area contributed by atoms with Gasteiger partial charge in [0.15, 0.2) is 0 Å². The van der Waals surface area contributed by atoms with Gasteiger partial charge in [-0.05, 0) is 27.1 Å². The van der Waals surface area contributed by atoms with Crippen molar-refractivity contribution in [1.82, 2.24) is 15.4 Å². The van der Waals surface area contributed by atoms with Gasteiger partial charge in [0.1, 0.15) is 0 Å². The van der Waals surface area contributed by atoms with Crippen LogP contribution >= 0.6 is 0 Å². The third kappa shape index (κ3) is 8.34. The van der Waals surface area contributed by atoms with Gasteiger partial charge in [0, 0.05) is 13.0 Å². The fourth-order valence-corrected chi connectivity index (χ4v) is 1.52. The molecular formula is C8H19N3O3S. The molecule has 0 saturated heterocycles. The molecule has 3 N–H and O–H groups in total. The van der Waals surface area contributed by atoms with Crippen LogP contribution in [0.3, 0.4) is 0 Å². The zero-order valence-corrected chi connectivity index (χ0v) is 9.99. The van der Waals surface area contributed by atoms with Crippen LogP contribution in [-0.2, 0) is 14.8 Å². The first-order valence-electron chi connectivity index (χ1n) is 4.84. The lowest BCUT2D eigenvalue weighted by Crippen LogP contribution is -2.33. The third-order valence-electron chi connectivity index (χ3n) is 1.83. The van der Waals surface area contributed by atoms with Gasteiger partial charge < -0.3 is 10.6 Å². The summed E-state index contributed by atoms with van der Waals surface area (Å²) in [7, 11) is -0.0493. The van der Waals surface area contributed by atoms with E-state index in [0.29, 0.717) is 6.42 Å². The fraction of sp³-hybridized carbons (Fsp3) is 0.875. The van der Waals surface area contributed by atoms with E-state index in [0.717, 1.165) is 13.0 Å². The number of carbonyl (C=O) groups is 1. The normalized spacial score (nSPS) is 11.3. The predicted octanol–water partition coefficient (Wildman–Crippen LogP) is -1.35. The summed E-state index contributed by atoms with van der Waals surface area (Å²) >= 11 is 0. The molecule has 0 radical (unpaired) electrons. The molecule has 0 aliphatic carbocycles. The minimum absolute atomic E-state index is 0.0821. The zero-order valence-electron chi connectivity index (χ0n) is 9.17. The molecule has 0 aromatic carbocycles. The summed E-state index contributed by atoms with van der Waals surface area (Å²) in [6.45, 7) is 0.934. The first-order valence-corrected chi connectivity index (χ1v) is 6.49. The molecule has 0 aliphatic rings. The Hall–Kier alpha value is -0.660. The van der Waals surface area contributed by atoms with Gasteiger partial charge in [-0.25, -0.2) is 13.1 Å². The van der Waals surface area contributed by atoms with Crippen molar-refractivity contribution in [2.45, 2.75) is 12.8 Å². The Morgan fingerprint density at radius 1 is 1.20 bits per heavy atom. The maximum atomic E-state index is 11.1. The highest BCUT2D eigenvalue weighted by molar-refractivity contribution is 7.89. The Bertz CT molecular complexity index is 277. The Morgan fingerprint density at radius 2 is 1.87 bits per heavy atom. The van der Waals surface area contributed by atoms with Crippen molar-refractivity contribution in [1.29, 1.82) is 0 Å². The maximum Gasteiger partial charge on any atom is 0.220 e. The van der Waals surface area contributed by atoms with Gasteiger partial charge >= 0.3 is 0 Å². The molecule has 0 aromatic rings. The van der Waals surface area contributed by atoms with E-state index < -0.39 is 10.0 Å².